The number of nitrogens with zero attached hydrogens (tertiary/aromatic N) is 2. The number of rotatable bonds is 4. The Kier molecular flexibility index (Phi) is 3.45. The first-order valence-corrected chi connectivity index (χ1v) is 7.66. The topological polar surface area (TPSA) is 61.2 Å². The lowest BCUT2D eigenvalue weighted by molar-refractivity contribution is 0.283. The van der Waals surface area contributed by atoms with E-state index in [4.69, 9.17) is 4.28 Å². The van der Waals surface area contributed by atoms with E-state index in [0.29, 0.717) is 5.82 Å². The fraction of sp³-hybridized carbons (Fsp3) is 0. The van der Waals surface area contributed by atoms with Crippen molar-refractivity contribution >= 4 is 10.1 Å². The summed E-state index contributed by atoms with van der Waals surface area (Å²) in [6.07, 6.45) is 2.95. The predicted octanol–water partition coefficient (Wildman–Crippen LogP) is 2.37. The first-order valence-electron chi connectivity index (χ1n) is 6.26. The minimum Gasteiger partial charge on any atom is -0.282 e. The summed E-state index contributed by atoms with van der Waals surface area (Å²) in [6.45, 7) is 0. The molecule has 0 fully saturated rings. The van der Waals surface area contributed by atoms with E-state index in [9.17, 15) is 8.42 Å². The molecule has 0 aliphatic rings. The minimum absolute atomic E-state index is 0.0951. The molecule has 0 aliphatic heterocycles. The van der Waals surface area contributed by atoms with Crippen molar-refractivity contribution in [1.82, 2.24) is 9.71 Å². The van der Waals surface area contributed by atoms with Crippen LogP contribution in [0.15, 0.2) is 78.0 Å². The average Bonchev–Trinajstić information content (AvgIpc) is 2.96. The van der Waals surface area contributed by atoms with Crippen LogP contribution in [0.5, 0.6) is 0 Å². The van der Waals surface area contributed by atoms with Crippen molar-refractivity contribution in [2.45, 2.75) is 4.90 Å². The number of imidazole rings is 1. The summed E-state index contributed by atoms with van der Waals surface area (Å²) >= 11 is 0. The number of benzene rings is 2. The Bertz CT molecular complexity index is 828. The van der Waals surface area contributed by atoms with Crippen LogP contribution in [0.1, 0.15) is 0 Å². The van der Waals surface area contributed by atoms with Gasteiger partial charge in [-0.2, -0.15) is 13.1 Å². The first-order chi connectivity index (χ1) is 10.2. The van der Waals surface area contributed by atoms with Crippen LogP contribution in [0.25, 0.3) is 11.4 Å². The Morgan fingerprint density at radius 1 is 0.905 bits per heavy atom. The molecule has 1 aromatic heterocycles. The maximum Gasteiger partial charge on any atom is 0.357 e. The van der Waals surface area contributed by atoms with E-state index in [1.165, 1.54) is 24.5 Å². The Morgan fingerprint density at radius 2 is 1.52 bits per heavy atom. The Morgan fingerprint density at radius 3 is 2.19 bits per heavy atom. The normalized spacial score (nSPS) is 11.2. The van der Waals surface area contributed by atoms with E-state index in [-0.39, 0.29) is 4.90 Å². The molecule has 0 saturated heterocycles. The summed E-state index contributed by atoms with van der Waals surface area (Å²) in [7, 11) is -3.89. The zero-order chi connectivity index (χ0) is 14.7. The van der Waals surface area contributed by atoms with Gasteiger partial charge in [-0.15, -0.1) is 0 Å². The van der Waals surface area contributed by atoms with Gasteiger partial charge >= 0.3 is 10.1 Å². The van der Waals surface area contributed by atoms with E-state index < -0.39 is 10.1 Å². The molecule has 0 N–H and O–H groups in total. The molecule has 3 rings (SSSR count). The summed E-state index contributed by atoms with van der Waals surface area (Å²) in [5.74, 6) is 0.426. The van der Waals surface area contributed by atoms with Gasteiger partial charge in [0.1, 0.15) is 4.90 Å². The van der Waals surface area contributed by atoms with Crippen molar-refractivity contribution < 1.29 is 12.7 Å². The second-order valence-corrected chi connectivity index (χ2v) is 5.81. The van der Waals surface area contributed by atoms with Crippen LogP contribution in [0.4, 0.5) is 0 Å². The number of hydrogen-bond donors (Lipinski definition) is 0. The van der Waals surface area contributed by atoms with Gasteiger partial charge in [0.25, 0.3) is 0 Å². The summed E-state index contributed by atoms with van der Waals surface area (Å²) in [6, 6.07) is 17.2. The first kappa shape index (κ1) is 13.4. The molecule has 3 aromatic rings. The van der Waals surface area contributed by atoms with E-state index >= 15 is 0 Å². The molecule has 0 radical (unpaired) electrons. The van der Waals surface area contributed by atoms with Crippen molar-refractivity contribution in [2.24, 2.45) is 0 Å². The van der Waals surface area contributed by atoms with Crippen LogP contribution in [0.3, 0.4) is 0 Å². The van der Waals surface area contributed by atoms with Gasteiger partial charge in [0.15, 0.2) is 5.82 Å². The third-order valence-electron chi connectivity index (χ3n) is 2.85. The molecule has 6 heteroatoms. The maximum atomic E-state index is 12.2. The van der Waals surface area contributed by atoms with Crippen molar-refractivity contribution in [1.29, 1.82) is 0 Å². The highest BCUT2D eigenvalue weighted by Gasteiger charge is 2.18. The van der Waals surface area contributed by atoms with E-state index in [1.807, 2.05) is 30.3 Å². The van der Waals surface area contributed by atoms with E-state index in [0.717, 1.165) is 10.3 Å². The fourth-order valence-corrected chi connectivity index (χ4v) is 2.79. The number of hydrogen-bond acceptors (Lipinski definition) is 4. The Hall–Kier alpha value is -2.60. The lowest BCUT2D eigenvalue weighted by atomic mass is 10.2. The highest BCUT2D eigenvalue weighted by atomic mass is 32.2. The molecule has 0 aliphatic carbocycles. The van der Waals surface area contributed by atoms with E-state index in [1.54, 1.807) is 18.2 Å². The molecule has 0 atom stereocenters. The fourth-order valence-electron chi connectivity index (χ4n) is 1.88. The average molecular weight is 300 g/mol. The van der Waals surface area contributed by atoms with Gasteiger partial charge in [-0.05, 0) is 12.1 Å². The molecule has 0 amide bonds. The molecular formula is C15H12N2O3S. The molecule has 21 heavy (non-hydrogen) atoms. The van der Waals surface area contributed by atoms with E-state index in [2.05, 4.69) is 4.98 Å². The summed E-state index contributed by atoms with van der Waals surface area (Å²) in [5.41, 5.74) is 0.769. The Balaban J connectivity index is 1.96. The van der Waals surface area contributed by atoms with Crippen LogP contribution in [0.2, 0.25) is 0 Å². The zero-order valence-corrected chi connectivity index (χ0v) is 11.8. The highest BCUT2D eigenvalue weighted by Crippen LogP contribution is 2.17. The lowest BCUT2D eigenvalue weighted by Crippen LogP contribution is -2.20. The number of aromatic nitrogens is 2. The second-order valence-electron chi connectivity index (χ2n) is 4.28. The summed E-state index contributed by atoms with van der Waals surface area (Å²) in [4.78, 5) is 4.23. The van der Waals surface area contributed by atoms with Gasteiger partial charge in [-0.3, -0.25) is 4.28 Å². The summed E-state index contributed by atoms with van der Waals surface area (Å²) in [5, 5.41) is 0. The van der Waals surface area contributed by atoms with Gasteiger partial charge in [-0.1, -0.05) is 48.5 Å². The Labute approximate surface area is 122 Å². The van der Waals surface area contributed by atoms with Crippen molar-refractivity contribution in [2.75, 3.05) is 0 Å². The molecule has 0 bridgehead atoms. The van der Waals surface area contributed by atoms with Crippen LogP contribution in [-0.4, -0.2) is 18.1 Å². The van der Waals surface area contributed by atoms with Gasteiger partial charge in [0.2, 0.25) is 0 Å². The molecule has 0 saturated carbocycles. The van der Waals surface area contributed by atoms with Gasteiger partial charge in [-0.25, -0.2) is 4.98 Å². The molecular weight excluding hydrogens is 288 g/mol. The quantitative estimate of drug-likeness (QED) is 0.742. The smallest absolute Gasteiger partial charge is 0.282 e. The monoisotopic (exact) mass is 300 g/mol. The van der Waals surface area contributed by atoms with Gasteiger partial charge in [0.05, 0.1) is 6.20 Å². The molecule has 5 nitrogen and oxygen atoms in total. The minimum atomic E-state index is -3.89. The predicted molar refractivity (Wildman–Crippen MR) is 77.9 cm³/mol. The van der Waals surface area contributed by atoms with Crippen LogP contribution < -0.4 is 4.28 Å². The van der Waals surface area contributed by atoms with Crippen molar-refractivity contribution in [3.8, 4) is 11.4 Å². The third-order valence-corrected chi connectivity index (χ3v) is 4.06. The highest BCUT2D eigenvalue weighted by molar-refractivity contribution is 7.87. The molecule has 1 heterocycles. The van der Waals surface area contributed by atoms with Gasteiger partial charge in [0, 0.05) is 11.8 Å². The van der Waals surface area contributed by atoms with Crippen molar-refractivity contribution in [3.63, 3.8) is 0 Å². The maximum absolute atomic E-state index is 12.2. The van der Waals surface area contributed by atoms with Crippen molar-refractivity contribution in [3.05, 3.63) is 73.1 Å². The molecule has 106 valence electrons. The zero-order valence-electron chi connectivity index (χ0n) is 11.0. The SMILES string of the molecule is O=S(=O)(On1ccnc1-c1ccccc1)c1ccccc1. The molecule has 0 spiro atoms. The van der Waals surface area contributed by atoms with Gasteiger partial charge < -0.3 is 0 Å². The lowest BCUT2D eigenvalue weighted by Gasteiger charge is -2.09. The second kappa shape index (κ2) is 5.41. The molecule has 0 unspecified atom stereocenters. The van der Waals surface area contributed by atoms with Crippen LogP contribution in [0, 0.1) is 0 Å². The standard InChI is InChI=1S/C15H12N2O3S/c18-21(19,14-9-5-2-6-10-14)20-17-12-11-16-15(17)13-7-3-1-4-8-13/h1-12H. The van der Waals surface area contributed by atoms with Crippen LogP contribution in [-0.2, 0) is 10.1 Å². The summed E-state index contributed by atoms with van der Waals surface area (Å²) < 4.78 is 30.7. The molecule has 2 aromatic carbocycles. The van der Waals surface area contributed by atoms with Crippen LogP contribution >= 0.6 is 0 Å². The largest absolute Gasteiger partial charge is 0.357 e. The third kappa shape index (κ3) is 2.80.